The van der Waals surface area contributed by atoms with Crippen molar-refractivity contribution in [3.05, 3.63) is 75.9 Å². The van der Waals surface area contributed by atoms with E-state index in [1.807, 2.05) is 30.5 Å². The van der Waals surface area contributed by atoms with Crippen LogP contribution in [0.4, 0.5) is 8.78 Å². The fourth-order valence-corrected chi connectivity index (χ4v) is 6.81. The first-order chi connectivity index (χ1) is 18.8. The van der Waals surface area contributed by atoms with E-state index in [0.29, 0.717) is 35.1 Å². The summed E-state index contributed by atoms with van der Waals surface area (Å²) in [5, 5.41) is 18.8. The van der Waals surface area contributed by atoms with Crippen LogP contribution in [-0.4, -0.2) is 59.4 Å². The number of aromatic nitrogens is 5. The maximum atomic E-state index is 14.3. The summed E-state index contributed by atoms with van der Waals surface area (Å²) in [5.41, 5.74) is 2.90. The molecule has 2 N–H and O–H groups in total. The Labute approximate surface area is 224 Å². The molecule has 4 heterocycles. The van der Waals surface area contributed by atoms with Crippen molar-refractivity contribution in [2.75, 3.05) is 13.2 Å². The first-order valence-corrected chi connectivity index (χ1v) is 13.7. The van der Waals surface area contributed by atoms with Gasteiger partial charge in [-0.2, -0.15) is 0 Å². The lowest BCUT2D eigenvalue weighted by atomic mass is 9.61. The Kier molecular flexibility index (Phi) is 5.58. The molecule has 3 aromatic heterocycles. The molecular formula is C29H32F2N6O2. The number of likely N-dealkylation sites (tertiary alicyclic amines) is 1. The standard InChI is InChI=1S/C29H32F2N6O2/c1-35-17-32-34-27(35)28(15-29(30,31)16-28)19-4-2-5-21(10-19)37-13-24(18-7-8-18)23-11-20(33-25(23)26(37)39)12-36-9-3-6-22(36)14-38/h2,4-5,10-11,13,17-18,22,33,38H,3,6-9,12,14-16H2,1H3/t22-/m1/s1. The third kappa shape index (κ3) is 4.03. The maximum absolute atomic E-state index is 14.3. The average molecular weight is 535 g/mol. The molecule has 0 unspecified atom stereocenters. The molecule has 2 aliphatic carbocycles. The van der Waals surface area contributed by atoms with Gasteiger partial charge in [-0.05, 0) is 67.5 Å². The molecule has 1 aromatic carbocycles. The molecule has 1 atom stereocenters. The zero-order chi connectivity index (χ0) is 26.9. The molecule has 8 nitrogen and oxygen atoms in total. The van der Waals surface area contributed by atoms with Crippen molar-refractivity contribution in [1.82, 2.24) is 29.2 Å². The van der Waals surface area contributed by atoms with E-state index in [4.69, 9.17) is 0 Å². The second-order valence-corrected chi connectivity index (χ2v) is 11.7. The largest absolute Gasteiger partial charge is 0.395 e. The summed E-state index contributed by atoms with van der Waals surface area (Å²) in [6.45, 7) is 1.73. The minimum absolute atomic E-state index is 0.137. The fourth-order valence-electron chi connectivity index (χ4n) is 6.81. The highest BCUT2D eigenvalue weighted by Crippen LogP contribution is 2.56. The number of benzene rings is 1. The van der Waals surface area contributed by atoms with Crippen LogP contribution in [0.3, 0.4) is 0 Å². The first-order valence-electron chi connectivity index (χ1n) is 13.7. The number of aryl methyl sites for hydroxylation is 1. The molecule has 0 spiro atoms. The summed E-state index contributed by atoms with van der Waals surface area (Å²) in [6.07, 6.45) is 6.99. The lowest BCUT2D eigenvalue weighted by Crippen LogP contribution is -2.51. The quantitative estimate of drug-likeness (QED) is 0.374. The number of aliphatic hydroxyl groups is 1. The molecule has 4 aromatic rings. The van der Waals surface area contributed by atoms with Gasteiger partial charge >= 0.3 is 0 Å². The Hall–Kier alpha value is -3.37. The van der Waals surface area contributed by atoms with E-state index >= 15 is 0 Å². The third-order valence-electron chi connectivity index (χ3n) is 8.92. The lowest BCUT2D eigenvalue weighted by molar-refractivity contribution is -0.116. The Balaban J connectivity index is 1.31. The van der Waals surface area contributed by atoms with Gasteiger partial charge in [0.1, 0.15) is 17.7 Å². The topological polar surface area (TPSA) is 92.0 Å². The number of rotatable bonds is 7. The van der Waals surface area contributed by atoms with E-state index < -0.39 is 11.3 Å². The lowest BCUT2D eigenvalue weighted by Gasteiger charge is -2.46. The zero-order valence-corrected chi connectivity index (χ0v) is 21.9. The number of nitrogens with zero attached hydrogens (tertiary/aromatic N) is 5. The molecule has 1 saturated heterocycles. The molecule has 7 rings (SSSR count). The zero-order valence-electron chi connectivity index (χ0n) is 21.9. The fraction of sp³-hybridized carbons (Fsp3) is 0.483. The molecule has 1 aliphatic heterocycles. The highest BCUT2D eigenvalue weighted by molar-refractivity contribution is 5.84. The predicted molar refractivity (Wildman–Crippen MR) is 142 cm³/mol. The molecule has 3 aliphatic rings. The Morgan fingerprint density at radius 3 is 2.69 bits per heavy atom. The maximum Gasteiger partial charge on any atom is 0.279 e. The summed E-state index contributed by atoms with van der Waals surface area (Å²) in [5.74, 6) is -1.87. The molecule has 0 radical (unpaired) electrons. The minimum atomic E-state index is -2.78. The van der Waals surface area contributed by atoms with E-state index in [2.05, 4.69) is 26.1 Å². The smallest absolute Gasteiger partial charge is 0.279 e. The Morgan fingerprint density at radius 2 is 2.00 bits per heavy atom. The summed E-state index contributed by atoms with van der Waals surface area (Å²) >= 11 is 0. The van der Waals surface area contributed by atoms with Crippen molar-refractivity contribution in [3.63, 3.8) is 0 Å². The van der Waals surface area contributed by atoms with E-state index in [9.17, 15) is 18.7 Å². The molecule has 0 bridgehead atoms. The van der Waals surface area contributed by atoms with Gasteiger partial charge in [0.25, 0.3) is 11.5 Å². The van der Waals surface area contributed by atoms with Crippen molar-refractivity contribution >= 4 is 10.9 Å². The number of halogens is 2. The van der Waals surface area contributed by atoms with Gasteiger partial charge in [-0.25, -0.2) is 8.78 Å². The van der Waals surface area contributed by atoms with Crippen LogP contribution in [0.5, 0.6) is 0 Å². The number of aliphatic hydroxyl groups excluding tert-OH is 1. The molecule has 204 valence electrons. The van der Waals surface area contributed by atoms with Crippen molar-refractivity contribution in [2.24, 2.45) is 7.05 Å². The number of aromatic amines is 1. The van der Waals surface area contributed by atoms with Crippen LogP contribution in [0.1, 0.15) is 67.1 Å². The van der Waals surface area contributed by atoms with Crippen LogP contribution in [0.25, 0.3) is 16.6 Å². The number of nitrogens with one attached hydrogen (secondary N) is 1. The summed E-state index contributed by atoms with van der Waals surface area (Å²) in [7, 11) is 1.77. The van der Waals surface area contributed by atoms with E-state index in [0.717, 1.165) is 48.9 Å². The summed E-state index contributed by atoms with van der Waals surface area (Å²) < 4.78 is 32.0. The molecule has 10 heteroatoms. The van der Waals surface area contributed by atoms with Gasteiger partial charge < -0.3 is 14.7 Å². The highest BCUT2D eigenvalue weighted by Gasteiger charge is 2.60. The van der Waals surface area contributed by atoms with Gasteiger partial charge in [-0.15, -0.1) is 10.2 Å². The van der Waals surface area contributed by atoms with Gasteiger partial charge in [0.2, 0.25) is 0 Å². The molecule has 0 amide bonds. The van der Waals surface area contributed by atoms with Crippen LogP contribution >= 0.6 is 0 Å². The van der Waals surface area contributed by atoms with Crippen molar-refractivity contribution < 1.29 is 13.9 Å². The number of H-pyrrole nitrogens is 1. The first kappa shape index (κ1) is 24.7. The molecule has 3 fully saturated rings. The molecule has 39 heavy (non-hydrogen) atoms. The van der Waals surface area contributed by atoms with Gasteiger partial charge in [0.05, 0.1) is 12.0 Å². The van der Waals surface area contributed by atoms with Crippen molar-refractivity contribution in [3.8, 4) is 5.69 Å². The van der Waals surface area contributed by atoms with Gasteiger partial charge in [-0.1, -0.05) is 12.1 Å². The Morgan fingerprint density at radius 1 is 1.18 bits per heavy atom. The van der Waals surface area contributed by atoms with Crippen LogP contribution < -0.4 is 5.56 Å². The SMILES string of the molecule is Cn1cnnc1C1(c2cccc(-n3cc(C4CC4)c4cc(CN5CCC[C@@H]5CO)[nH]c4c3=O)c2)CC(F)(F)C1. The van der Waals surface area contributed by atoms with Gasteiger partial charge in [0, 0.05) is 55.4 Å². The normalized spacial score (nSPS) is 22.4. The minimum Gasteiger partial charge on any atom is -0.395 e. The van der Waals surface area contributed by atoms with Crippen molar-refractivity contribution in [1.29, 1.82) is 0 Å². The number of alkyl halides is 2. The number of fused-ring (bicyclic) bond motifs is 1. The van der Waals surface area contributed by atoms with Crippen LogP contribution in [0.15, 0.2) is 47.7 Å². The summed E-state index contributed by atoms with van der Waals surface area (Å²) in [4.78, 5) is 19.5. The van der Waals surface area contributed by atoms with E-state index in [1.165, 1.54) is 6.33 Å². The van der Waals surface area contributed by atoms with Crippen molar-refractivity contribution in [2.45, 2.75) is 68.4 Å². The molecule has 2 saturated carbocycles. The van der Waals surface area contributed by atoms with E-state index in [1.54, 1.807) is 16.2 Å². The number of hydrogen-bond acceptors (Lipinski definition) is 5. The molecular weight excluding hydrogens is 502 g/mol. The van der Waals surface area contributed by atoms with Gasteiger partial charge in [0.15, 0.2) is 0 Å². The van der Waals surface area contributed by atoms with Crippen LogP contribution in [0.2, 0.25) is 0 Å². The van der Waals surface area contributed by atoms with Gasteiger partial charge in [-0.3, -0.25) is 14.3 Å². The second kappa shape index (κ2) is 8.82. The third-order valence-corrected chi connectivity index (χ3v) is 8.92. The number of hydrogen-bond donors (Lipinski definition) is 2. The number of pyridine rings is 1. The predicted octanol–water partition coefficient (Wildman–Crippen LogP) is 4.00. The van der Waals surface area contributed by atoms with Crippen LogP contribution in [-0.2, 0) is 19.0 Å². The average Bonchev–Trinajstić information content (AvgIpc) is 3.27. The van der Waals surface area contributed by atoms with Crippen LogP contribution in [0, 0.1) is 0 Å². The second-order valence-electron chi connectivity index (χ2n) is 11.7. The highest BCUT2D eigenvalue weighted by atomic mass is 19.3. The van der Waals surface area contributed by atoms with E-state index in [-0.39, 0.29) is 31.0 Å². The monoisotopic (exact) mass is 534 g/mol. The Bertz CT molecular complexity index is 1610. The summed E-state index contributed by atoms with van der Waals surface area (Å²) in [6, 6.07) is 9.63.